The smallest absolute Gasteiger partial charge is 0.227 e. The number of carbonyl (C=O) groups is 1. The summed E-state index contributed by atoms with van der Waals surface area (Å²) in [7, 11) is 1.54. The maximum absolute atomic E-state index is 11.9. The van der Waals surface area contributed by atoms with Crippen molar-refractivity contribution in [3.63, 3.8) is 0 Å². The van der Waals surface area contributed by atoms with Crippen LogP contribution in [0.3, 0.4) is 0 Å². The lowest BCUT2D eigenvalue weighted by atomic mass is 10.2. The number of hydrogen-bond donors (Lipinski definition) is 2. The monoisotopic (exact) mass is 380 g/mol. The van der Waals surface area contributed by atoms with Crippen LogP contribution >= 0.6 is 28.3 Å². The molecule has 1 aromatic carbocycles. The van der Waals surface area contributed by atoms with Crippen LogP contribution in [0.2, 0.25) is 0 Å². The average Bonchev–Trinajstić information content (AvgIpc) is 2.34. The number of anilines is 1. The first kappa shape index (κ1) is 20.2. The third-order valence-corrected chi connectivity index (χ3v) is 2.99. The fourth-order valence-electron chi connectivity index (χ4n) is 1.66. The largest absolute Gasteiger partial charge is 0.491 e. The van der Waals surface area contributed by atoms with Crippen molar-refractivity contribution in [2.75, 3.05) is 19.0 Å². The van der Waals surface area contributed by atoms with Crippen molar-refractivity contribution in [3.8, 4) is 5.75 Å². The highest BCUT2D eigenvalue weighted by Gasteiger charge is 2.12. The minimum atomic E-state index is -0.270. The molecule has 0 spiro atoms. The van der Waals surface area contributed by atoms with Gasteiger partial charge in [-0.2, -0.15) is 0 Å². The quantitative estimate of drug-likeness (QED) is 0.761. The molecule has 1 aromatic rings. The molecule has 0 bridgehead atoms. The second-order valence-electron chi connectivity index (χ2n) is 4.69. The van der Waals surface area contributed by atoms with Gasteiger partial charge in [0.15, 0.2) is 0 Å². The summed E-state index contributed by atoms with van der Waals surface area (Å²) in [5, 5.41) is 2.81. The minimum Gasteiger partial charge on any atom is -0.491 e. The van der Waals surface area contributed by atoms with Crippen LogP contribution in [-0.4, -0.2) is 31.8 Å². The number of rotatable bonds is 7. The van der Waals surface area contributed by atoms with E-state index in [-0.39, 0.29) is 36.9 Å². The average molecular weight is 382 g/mol. The van der Waals surface area contributed by atoms with Crippen LogP contribution in [0.5, 0.6) is 5.75 Å². The molecule has 1 atom stereocenters. The number of nitrogens with one attached hydrogen (secondary N) is 1. The molecule has 0 aromatic heterocycles. The summed E-state index contributed by atoms with van der Waals surface area (Å²) < 4.78 is 11.5. The number of ether oxygens (including phenoxy) is 2. The molecule has 0 heterocycles. The number of carbonyl (C=O) groups excluding carboxylic acids is 1. The lowest BCUT2D eigenvalue weighted by molar-refractivity contribution is -0.118. The van der Waals surface area contributed by atoms with Gasteiger partial charge in [-0.1, -0.05) is 15.9 Å². The summed E-state index contributed by atoms with van der Waals surface area (Å²) in [5.41, 5.74) is 6.17. The van der Waals surface area contributed by atoms with Crippen molar-refractivity contribution in [1.82, 2.24) is 0 Å². The van der Waals surface area contributed by atoms with Gasteiger partial charge in [0.05, 0.1) is 18.6 Å². The number of nitrogens with two attached hydrogens (primary N) is 1. The van der Waals surface area contributed by atoms with Gasteiger partial charge in [-0.3, -0.25) is 4.79 Å². The molecule has 120 valence electrons. The second-order valence-corrected chi connectivity index (χ2v) is 5.60. The molecule has 1 rings (SSSR count). The van der Waals surface area contributed by atoms with Crippen LogP contribution in [0, 0.1) is 0 Å². The Balaban J connectivity index is 0.00000400. The van der Waals surface area contributed by atoms with Gasteiger partial charge >= 0.3 is 0 Å². The summed E-state index contributed by atoms with van der Waals surface area (Å²) in [5.74, 6) is 0.558. The zero-order chi connectivity index (χ0) is 15.1. The highest BCUT2D eigenvalue weighted by atomic mass is 79.9. The van der Waals surface area contributed by atoms with Crippen LogP contribution in [0.1, 0.15) is 20.3 Å². The maximum Gasteiger partial charge on any atom is 0.227 e. The molecule has 21 heavy (non-hydrogen) atoms. The molecule has 1 unspecified atom stereocenters. The molecule has 0 saturated carbocycles. The molecule has 0 saturated heterocycles. The van der Waals surface area contributed by atoms with Crippen LogP contribution in [0.25, 0.3) is 0 Å². The molecule has 1 amide bonds. The van der Waals surface area contributed by atoms with Gasteiger partial charge in [-0.15, -0.1) is 12.4 Å². The van der Waals surface area contributed by atoms with Gasteiger partial charge in [0.25, 0.3) is 0 Å². The molecule has 0 radical (unpaired) electrons. The van der Waals surface area contributed by atoms with Crippen molar-refractivity contribution in [2.24, 2.45) is 5.73 Å². The van der Waals surface area contributed by atoms with Crippen LogP contribution in [-0.2, 0) is 9.53 Å². The zero-order valence-electron chi connectivity index (χ0n) is 12.4. The summed E-state index contributed by atoms with van der Waals surface area (Å²) in [4.78, 5) is 11.9. The third-order valence-electron chi connectivity index (χ3n) is 2.54. The van der Waals surface area contributed by atoms with E-state index in [0.717, 1.165) is 4.47 Å². The van der Waals surface area contributed by atoms with Gasteiger partial charge in [0.2, 0.25) is 5.91 Å². The molecule has 0 aliphatic carbocycles. The van der Waals surface area contributed by atoms with E-state index in [4.69, 9.17) is 15.2 Å². The predicted octanol–water partition coefficient (Wildman–Crippen LogP) is 2.96. The van der Waals surface area contributed by atoms with E-state index in [0.29, 0.717) is 18.0 Å². The first-order valence-electron chi connectivity index (χ1n) is 6.44. The standard InChI is InChI=1S/C14H21BrN2O3.ClH/c1-9(2)20-12-5-10(15)4-11(6-12)17-14(18)7-13(8-16)19-3;/h4-6,9,13H,7-8,16H2,1-3H3,(H,17,18);1H. The van der Waals surface area contributed by atoms with E-state index < -0.39 is 0 Å². The summed E-state index contributed by atoms with van der Waals surface area (Å²) >= 11 is 3.40. The molecule has 7 heteroatoms. The van der Waals surface area contributed by atoms with Gasteiger partial charge < -0.3 is 20.5 Å². The summed E-state index contributed by atoms with van der Waals surface area (Å²) in [6.07, 6.45) is 0.0244. The molecule has 3 N–H and O–H groups in total. The first-order chi connectivity index (χ1) is 9.44. The lowest BCUT2D eigenvalue weighted by Gasteiger charge is -2.14. The SMILES string of the molecule is COC(CN)CC(=O)Nc1cc(Br)cc(OC(C)C)c1.Cl. The van der Waals surface area contributed by atoms with E-state index in [1.165, 1.54) is 0 Å². The van der Waals surface area contributed by atoms with Crippen LogP contribution in [0.15, 0.2) is 22.7 Å². The Morgan fingerprint density at radius 1 is 1.38 bits per heavy atom. The number of benzene rings is 1. The normalized spacial score (nSPS) is 11.7. The lowest BCUT2D eigenvalue weighted by Crippen LogP contribution is -2.28. The number of hydrogen-bond acceptors (Lipinski definition) is 4. The van der Waals surface area contributed by atoms with Gasteiger partial charge in [0, 0.05) is 29.9 Å². The Morgan fingerprint density at radius 3 is 2.57 bits per heavy atom. The summed E-state index contributed by atoms with van der Waals surface area (Å²) in [6.45, 7) is 4.21. The highest BCUT2D eigenvalue weighted by Crippen LogP contribution is 2.25. The molecule has 0 fully saturated rings. The first-order valence-corrected chi connectivity index (χ1v) is 7.23. The van der Waals surface area contributed by atoms with E-state index in [2.05, 4.69) is 21.2 Å². The van der Waals surface area contributed by atoms with Gasteiger partial charge in [0.1, 0.15) is 5.75 Å². The van der Waals surface area contributed by atoms with E-state index in [1.807, 2.05) is 26.0 Å². The Labute approximate surface area is 140 Å². The highest BCUT2D eigenvalue weighted by molar-refractivity contribution is 9.10. The number of methoxy groups -OCH3 is 1. The topological polar surface area (TPSA) is 73.6 Å². The van der Waals surface area contributed by atoms with E-state index in [9.17, 15) is 4.79 Å². The zero-order valence-corrected chi connectivity index (χ0v) is 14.8. The predicted molar refractivity (Wildman–Crippen MR) is 90.3 cm³/mol. The Kier molecular flexibility index (Phi) is 9.61. The Hall–Kier alpha value is -0.820. The van der Waals surface area contributed by atoms with Gasteiger partial charge in [-0.05, 0) is 26.0 Å². The van der Waals surface area contributed by atoms with Crippen molar-refractivity contribution in [3.05, 3.63) is 22.7 Å². The van der Waals surface area contributed by atoms with Crippen molar-refractivity contribution in [1.29, 1.82) is 0 Å². The molecule has 0 aliphatic rings. The Morgan fingerprint density at radius 2 is 2.05 bits per heavy atom. The molecule has 5 nitrogen and oxygen atoms in total. The van der Waals surface area contributed by atoms with E-state index >= 15 is 0 Å². The van der Waals surface area contributed by atoms with Crippen molar-refractivity contribution >= 4 is 39.9 Å². The third kappa shape index (κ3) is 7.66. The minimum absolute atomic E-state index is 0. The number of amides is 1. The summed E-state index contributed by atoms with van der Waals surface area (Å²) in [6, 6.07) is 5.45. The van der Waals surface area contributed by atoms with Crippen molar-refractivity contribution < 1.29 is 14.3 Å². The fraction of sp³-hybridized carbons (Fsp3) is 0.500. The molecule has 0 aliphatic heterocycles. The van der Waals surface area contributed by atoms with Crippen LogP contribution in [0.4, 0.5) is 5.69 Å². The number of halogens is 2. The molecular formula is C14H22BrClN2O3. The van der Waals surface area contributed by atoms with Crippen LogP contribution < -0.4 is 15.8 Å². The Bertz CT molecular complexity index is 454. The van der Waals surface area contributed by atoms with Gasteiger partial charge in [-0.25, -0.2) is 0 Å². The molecular weight excluding hydrogens is 360 g/mol. The maximum atomic E-state index is 11.9. The fourth-order valence-corrected chi connectivity index (χ4v) is 2.13. The van der Waals surface area contributed by atoms with Crippen molar-refractivity contribution in [2.45, 2.75) is 32.5 Å². The second kappa shape index (κ2) is 10.00. The van der Waals surface area contributed by atoms with E-state index in [1.54, 1.807) is 13.2 Å².